The monoisotopic (exact) mass is 338 g/mol. The molecular weight excluding hydrogens is 328 g/mol. The number of hydrogen-bond acceptors (Lipinski definition) is 5. The van der Waals surface area contributed by atoms with Crippen molar-refractivity contribution in [2.75, 3.05) is 7.11 Å². The summed E-state index contributed by atoms with van der Waals surface area (Å²) < 4.78 is 10.5. The van der Waals surface area contributed by atoms with E-state index in [1.807, 2.05) is 0 Å². The predicted molar refractivity (Wildman–Crippen MR) is 76.1 cm³/mol. The lowest BCUT2D eigenvalue weighted by molar-refractivity contribution is 0.0927. The molecule has 1 heterocycles. The van der Waals surface area contributed by atoms with Crippen molar-refractivity contribution in [3.63, 3.8) is 0 Å². The third kappa shape index (κ3) is 3.18. The van der Waals surface area contributed by atoms with Crippen LogP contribution in [0.15, 0.2) is 44.5 Å². The Balaban J connectivity index is 2.11. The van der Waals surface area contributed by atoms with Gasteiger partial charge in [0.05, 0.1) is 24.1 Å². The summed E-state index contributed by atoms with van der Waals surface area (Å²) >= 11 is 3.20. The van der Waals surface area contributed by atoms with Crippen LogP contribution in [0.3, 0.4) is 0 Å². The molecule has 7 heteroatoms. The Kier molecular flexibility index (Phi) is 4.41. The molecular formula is C13H11BrN2O4. The van der Waals surface area contributed by atoms with Gasteiger partial charge in [-0.2, -0.15) is 5.10 Å². The van der Waals surface area contributed by atoms with Gasteiger partial charge in [-0.3, -0.25) is 4.79 Å². The van der Waals surface area contributed by atoms with Crippen molar-refractivity contribution < 1.29 is 19.1 Å². The normalized spacial score (nSPS) is 10.7. The number of ether oxygens (including phenoxy) is 1. The van der Waals surface area contributed by atoms with Crippen LogP contribution in [0.4, 0.5) is 0 Å². The van der Waals surface area contributed by atoms with Gasteiger partial charge in [-0.25, -0.2) is 5.43 Å². The Morgan fingerprint density at radius 3 is 3.00 bits per heavy atom. The smallest absolute Gasteiger partial charge is 0.307 e. The number of nitrogens with zero attached hydrogens (tertiary/aromatic N) is 1. The number of carbonyl (C=O) groups excluding carboxylic acids is 1. The van der Waals surface area contributed by atoms with E-state index in [2.05, 4.69) is 26.5 Å². The predicted octanol–water partition coefficient (Wildman–Crippen LogP) is 2.52. The maximum Gasteiger partial charge on any atom is 0.307 e. The summed E-state index contributed by atoms with van der Waals surface area (Å²) in [6.07, 6.45) is 2.70. The fourth-order valence-corrected chi connectivity index (χ4v) is 1.89. The SMILES string of the molecule is COc1cc(Br)c(O)c(/C=N/NC(=O)c2ccco2)c1. The molecule has 104 valence electrons. The van der Waals surface area contributed by atoms with Crippen LogP contribution in [0.25, 0.3) is 0 Å². The van der Waals surface area contributed by atoms with Gasteiger partial charge in [0.15, 0.2) is 5.76 Å². The van der Waals surface area contributed by atoms with Crippen molar-refractivity contribution >= 4 is 28.1 Å². The minimum Gasteiger partial charge on any atom is -0.506 e. The number of halogens is 1. The first-order valence-corrected chi connectivity index (χ1v) is 6.34. The average Bonchev–Trinajstić information content (AvgIpc) is 2.97. The molecule has 2 rings (SSSR count). The van der Waals surface area contributed by atoms with E-state index in [-0.39, 0.29) is 11.5 Å². The first-order chi connectivity index (χ1) is 9.61. The molecule has 0 fully saturated rings. The highest BCUT2D eigenvalue weighted by molar-refractivity contribution is 9.10. The molecule has 1 aromatic heterocycles. The van der Waals surface area contributed by atoms with Crippen LogP contribution >= 0.6 is 15.9 Å². The topological polar surface area (TPSA) is 84.1 Å². The number of phenols is 1. The molecule has 1 amide bonds. The summed E-state index contributed by atoms with van der Waals surface area (Å²) in [5.74, 6) is 0.223. The quantitative estimate of drug-likeness (QED) is 0.662. The fraction of sp³-hybridized carbons (Fsp3) is 0.0769. The number of rotatable bonds is 4. The first-order valence-electron chi connectivity index (χ1n) is 5.55. The maximum atomic E-state index is 11.6. The Bertz CT molecular complexity index is 638. The Morgan fingerprint density at radius 1 is 1.55 bits per heavy atom. The third-order valence-electron chi connectivity index (χ3n) is 2.42. The summed E-state index contributed by atoms with van der Waals surface area (Å²) in [6.45, 7) is 0. The molecule has 0 aliphatic carbocycles. The van der Waals surface area contributed by atoms with Gasteiger partial charge in [0.1, 0.15) is 11.5 Å². The van der Waals surface area contributed by atoms with Gasteiger partial charge in [-0.1, -0.05) is 0 Å². The van der Waals surface area contributed by atoms with E-state index in [1.165, 1.54) is 25.7 Å². The van der Waals surface area contributed by atoms with Crippen LogP contribution in [-0.2, 0) is 0 Å². The fourth-order valence-electron chi connectivity index (χ4n) is 1.43. The molecule has 20 heavy (non-hydrogen) atoms. The molecule has 0 spiro atoms. The molecule has 0 aliphatic heterocycles. The van der Waals surface area contributed by atoms with Gasteiger partial charge in [-0.05, 0) is 40.2 Å². The number of hydrogen-bond donors (Lipinski definition) is 2. The number of aromatic hydroxyl groups is 1. The number of nitrogens with one attached hydrogen (secondary N) is 1. The third-order valence-corrected chi connectivity index (χ3v) is 3.02. The first kappa shape index (κ1) is 14.1. The Hall–Kier alpha value is -2.28. The van der Waals surface area contributed by atoms with E-state index in [0.29, 0.717) is 15.8 Å². The summed E-state index contributed by atoms with van der Waals surface area (Å²) in [7, 11) is 1.51. The molecule has 2 N–H and O–H groups in total. The van der Waals surface area contributed by atoms with Crippen LogP contribution in [0.5, 0.6) is 11.5 Å². The van der Waals surface area contributed by atoms with Crippen LogP contribution in [0.2, 0.25) is 0 Å². The molecule has 1 aromatic carbocycles. The van der Waals surface area contributed by atoms with Gasteiger partial charge in [-0.15, -0.1) is 0 Å². The molecule has 0 saturated carbocycles. The van der Waals surface area contributed by atoms with E-state index < -0.39 is 5.91 Å². The number of carbonyl (C=O) groups is 1. The van der Waals surface area contributed by atoms with Crippen LogP contribution in [0.1, 0.15) is 16.1 Å². The molecule has 0 aliphatic rings. The van der Waals surface area contributed by atoms with E-state index >= 15 is 0 Å². The van der Waals surface area contributed by atoms with Crippen LogP contribution < -0.4 is 10.2 Å². The number of amides is 1. The lowest BCUT2D eigenvalue weighted by Crippen LogP contribution is -2.16. The van der Waals surface area contributed by atoms with E-state index in [9.17, 15) is 9.90 Å². The summed E-state index contributed by atoms with van der Waals surface area (Å²) in [4.78, 5) is 11.6. The van der Waals surface area contributed by atoms with Crippen molar-refractivity contribution in [3.05, 3.63) is 46.3 Å². The molecule has 0 saturated heterocycles. The highest BCUT2D eigenvalue weighted by Gasteiger charge is 2.08. The van der Waals surface area contributed by atoms with Crippen LogP contribution in [-0.4, -0.2) is 24.3 Å². The van der Waals surface area contributed by atoms with Crippen molar-refractivity contribution in [1.82, 2.24) is 5.43 Å². The average molecular weight is 339 g/mol. The van der Waals surface area contributed by atoms with E-state index in [1.54, 1.807) is 18.2 Å². The van der Waals surface area contributed by atoms with Gasteiger partial charge >= 0.3 is 5.91 Å². The lowest BCUT2D eigenvalue weighted by Gasteiger charge is -2.05. The minimum atomic E-state index is -0.479. The van der Waals surface area contributed by atoms with E-state index in [4.69, 9.17) is 9.15 Å². The van der Waals surface area contributed by atoms with Gasteiger partial charge < -0.3 is 14.3 Å². The van der Waals surface area contributed by atoms with Crippen molar-refractivity contribution in [3.8, 4) is 11.5 Å². The largest absolute Gasteiger partial charge is 0.506 e. The summed E-state index contributed by atoms with van der Waals surface area (Å²) in [5.41, 5.74) is 2.69. The zero-order valence-corrected chi connectivity index (χ0v) is 12.0. The van der Waals surface area contributed by atoms with E-state index in [0.717, 1.165) is 0 Å². The highest BCUT2D eigenvalue weighted by atomic mass is 79.9. The van der Waals surface area contributed by atoms with Gasteiger partial charge in [0.25, 0.3) is 0 Å². The number of furan rings is 1. The zero-order chi connectivity index (χ0) is 14.5. The Labute approximate surface area is 123 Å². The Morgan fingerprint density at radius 2 is 2.35 bits per heavy atom. The lowest BCUT2D eigenvalue weighted by atomic mass is 10.2. The number of benzene rings is 1. The molecule has 2 aromatic rings. The molecule has 0 bridgehead atoms. The second kappa shape index (κ2) is 6.25. The van der Waals surface area contributed by atoms with Gasteiger partial charge in [0, 0.05) is 5.56 Å². The molecule has 0 atom stereocenters. The minimum absolute atomic E-state index is 0.00166. The molecule has 0 radical (unpaired) electrons. The number of methoxy groups -OCH3 is 1. The molecule has 6 nitrogen and oxygen atoms in total. The standard InChI is InChI=1S/C13H11BrN2O4/c1-19-9-5-8(12(17)10(14)6-9)7-15-16-13(18)11-3-2-4-20-11/h2-7,17H,1H3,(H,16,18)/b15-7+. The summed E-state index contributed by atoms with van der Waals surface area (Å²) in [5, 5.41) is 13.6. The number of hydrazone groups is 1. The zero-order valence-electron chi connectivity index (χ0n) is 10.5. The summed E-state index contributed by atoms with van der Waals surface area (Å²) in [6, 6.07) is 6.32. The maximum absolute atomic E-state index is 11.6. The number of phenolic OH excluding ortho intramolecular Hbond substituents is 1. The van der Waals surface area contributed by atoms with Crippen molar-refractivity contribution in [2.24, 2.45) is 5.10 Å². The highest BCUT2D eigenvalue weighted by Crippen LogP contribution is 2.31. The van der Waals surface area contributed by atoms with Crippen molar-refractivity contribution in [1.29, 1.82) is 0 Å². The second-order valence-electron chi connectivity index (χ2n) is 3.72. The van der Waals surface area contributed by atoms with Crippen molar-refractivity contribution in [2.45, 2.75) is 0 Å². The van der Waals surface area contributed by atoms with Crippen LogP contribution in [0, 0.1) is 0 Å². The molecule has 0 unspecified atom stereocenters. The van der Waals surface area contributed by atoms with Gasteiger partial charge in [0.2, 0.25) is 0 Å². The second-order valence-corrected chi connectivity index (χ2v) is 4.58.